The summed E-state index contributed by atoms with van der Waals surface area (Å²) in [5.74, 6) is 2.69. The van der Waals surface area contributed by atoms with Crippen LogP contribution in [0.2, 0.25) is 0 Å². The maximum atomic E-state index is 14.7. The number of ether oxygens (including phenoxy) is 4. The topological polar surface area (TPSA) is 63.7 Å². The van der Waals surface area contributed by atoms with E-state index in [1.54, 1.807) is 21.3 Å². The van der Waals surface area contributed by atoms with Crippen LogP contribution < -0.4 is 33.6 Å². The van der Waals surface area contributed by atoms with E-state index in [0.717, 1.165) is 54.2 Å². The predicted molar refractivity (Wildman–Crippen MR) is 179 cm³/mol. The van der Waals surface area contributed by atoms with E-state index >= 15 is 0 Å². The lowest BCUT2D eigenvalue weighted by Gasteiger charge is -2.45. The zero-order valence-corrected chi connectivity index (χ0v) is 27.1. The van der Waals surface area contributed by atoms with Gasteiger partial charge in [0.1, 0.15) is 17.0 Å². The van der Waals surface area contributed by atoms with Gasteiger partial charge in [-0.15, -0.1) is 0 Å². The van der Waals surface area contributed by atoms with E-state index in [1.165, 1.54) is 0 Å². The zero-order valence-electron chi connectivity index (χ0n) is 27.1. The third-order valence-corrected chi connectivity index (χ3v) is 9.18. The van der Waals surface area contributed by atoms with Crippen molar-refractivity contribution in [1.29, 1.82) is 0 Å². The van der Waals surface area contributed by atoms with Gasteiger partial charge < -0.3 is 28.7 Å². The Balaban J connectivity index is 1.72. The molecule has 0 bridgehead atoms. The third kappa shape index (κ3) is 4.45. The SMILES string of the molecule is CCN(CC)c1ccc2c(c1)Oc1cc(N(CC)CC)ccc1C21c2ccccc2C(=O)N1c1cc(OC)c(OC)c(OC)c1. The van der Waals surface area contributed by atoms with E-state index in [-0.39, 0.29) is 5.91 Å². The molecular formula is C37H41N3O5. The second-order valence-corrected chi connectivity index (χ2v) is 11.1. The number of hydrogen-bond donors (Lipinski definition) is 0. The molecule has 1 spiro atoms. The highest BCUT2D eigenvalue weighted by Gasteiger charge is 2.57. The average molecular weight is 608 g/mol. The van der Waals surface area contributed by atoms with Crippen molar-refractivity contribution in [1.82, 2.24) is 0 Å². The smallest absolute Gasteiger partial charge is 0.260 e. The summed E-state index contributed by atoms with van der Waals surface area (Å²) in [5.41, 5.74) is 4.99. The molecule has 4 aromatic carbocycles. The Hall–Kier alpha value is -4.85. The van der Waals surface area contributed by atoms with E-state index in [1.807, 2.05) is 35.2 Å². The number of amides is 1. The van der Waals surface area contributed by atoms with Crippen LogP contribution in [0.1, 0.15) is 54.7 Å². The number of fused-ring (bicyclic) bond motifs is 6. The summed E-state index contributed by atoms with van der Waals surface area (Å²) in [4.78, 5) is 21.2. The Bertz CT molecular complexity index is 1660. The summed E-state index contributed by atoms with van der Waals surface area (Å²) in [6.45, 7) is 12.0. The molecule has 6 rings (SSSR count). The number of nitrogens with zero attached hydrogens (tertiary/aromatic N) is 3. The monoisotopic (exact) mass is 607 g/mol. The molecule has 234 valence electrons. The summed E-state index contributed by atoms with van der Waals surface area (Å²) in [6.07, 6.45) is 0. The van der Waals surface area contributed by atoms with Crippen LogP contribution in [-0.4, -0.2) is 53.4 Å². The molecule has 0 unspecified atom stereocenters. The summed E-state index contributed by atoms with van der Waals surface area (Å²) >= 11 is 0. The molecule has 1 amide bonds. The third-order valence-electron chi connectivity index (χ3n) is 9.18. The molecule has 45 heavy (non-hydrogen) atoms. The minimum Gasteiger partial charge on any atom is -0.493 e. The van der Waals surface area contributed by atoms with Crippen molar-refractivity contribution in [3.05, 3.63) is 95.1 Å². The molecule has 0 radical (unpaired) electrons. The quantitative estimate of drug-likeness (QED) is 0.185. The number of anilines is 3. The van der Waals surface area contributed by atoms with Gasteiger partial charge in [0, 0.05) is 84.1 Å². The minimum absolute atomic E-state index is 0.126. The average Bonchev–Trinajstić information content (AvgIpc) is 3.33. The first-order chi connectivity index (χ1) is 21.9. The van der Waals surface area contributed by atoms with Crippen LogP contribution in [0, 0.1) is 0 Å². The van der Waals surface area contributed by atoms with Crippen LogP contribution >= 0.6 is 0 Å². The van der Waals surface area contributed by atoms with Gasteiger partial charge in [0.15, 0.2) is 11.5 Å². The minimum atomic E-state index is -1.04. The van der Waals surface area contributed by atoms with Gasteiger partial charge in [-0.2, -0.15) is 0 Å². The van der Waals surface area contributed by atoms with Gasteiger partial charge in [0.2, 0.25) is 5.75 Å². The number of hydrogen-bond acceptors (Lipinski definition) is 7. The van der Waals surface area contributed by atoms with Gasteiger partial charge >= 0.3 is 0 Å². The standard InChI is InChI=1S/C37H41N3O5/c1-8-38(9-2)24-16-18-29-31(20-24)45-32-21-25(39(10-3)11-4)17-19-30(32)37(29)28-15-13-12-14-27(28)36(41)40(37)26-22-33(42-5)35(44-7)34(23-26)43-6/h12-23H,8-11H2,1-7H3. The van der Waals surface area contributed by atoms with Crippen LogP contribution in [0.4, 0.5) is 17.1 Å². The maximum absolute atomic E-state index is 14.7. The second-order valence-electron chi connectivity index (χ2n) is 11.1. The van der Waals surface area contributed by atoms with Crippen LogP contribution in [0.25, 0.3) is 0 Å². The van der Waals surface area contributed by atoms with E-state index in [4.69, 9.17) is 18.9 Å². The van der Waals surface area contributed by atoms with Gasteiger partial charge in [-0.3, -0.25) is 9.69 Å². The maximum Gasteiger partial charge on any atom is 0.260 e. The lowest BCUT2D eigenvalue weighted by atomic mass is 9.74. The van der Waals surface area contributed by atoms with Gasteiger partial charge in [-0.1, -0.05) is 30.3 Å². The number of methoxy groups -OCH3 is 3. The van der Waals surface area contributed by atoms with Gasteiger partial charge in [0.25, 0.3) is 5.91 Å². The van der Waals surface area contributed by atoms with Gasteiger partial charge in [-0.05, 0) is 45.9 Å². The molecule has 0 aliphatic carbocycles. The normalized spacial score (nSPS) is 13.9. The fraction of sp³-hybridized carbons (Fsp3) is 0.324. The lowest BCUT2D eigenvalue weighted by molar-refractivity contribution is 0.0985. The van der Waals surface area contributed by atoms with E-state index in [0.29, 0.717) is 40.0 Å². The van der Waals surface area contributed by atoms with Crippen LogP contribution in [0.3, 0.4) is 0 Å². The van der Waals surface area contributed by atoms with Crippen molar-refractivity contribution in [2.75, 3.05) is 62.2 Å². The molecule has 8 nitrogen and oxygen atoms in total. The summed E-state index contributed by atoms with van der Waals surface area (Å²) in [5, 5.41) is 0. The fourth-order valence-corrected chi connectivity index (χ4v) is 7.04. The summed E-state index contributed by atoms with van der Waals surface area (Å²) in [6, 6.07) is 24.3. The first kappa shape index (κ1) is 30.2. The molecule has 0 fully saturated rings. The number of carbonyl (C=O) groups is 1. The highest BCUT2D eigenvalue weighted by Crippen LogP contribution is 2.60. The first-order valence-electron chi connectivity index (χ1n) is 15.6. The number of rotatable bonds is 10. The summed E-state index contributed by atoms with van der Waals surface area (Å²) in [7, 11) is 4.74. The molecule has 0 atom stereocenters. The predicted octanol–water partition coefficient (Wildman–Crippen LogP) is 7.46. The molecule has 0 aromatic heterocycles. The van der Waals surface area contributed by atoms with E-state index in [2.05, 4.69) is 80.0 Å². The highest BCUT2D eigenvalue weighted by atomic mass is 16.5. The lowest BCUT2D eigenvalue weighted by Crippen LogP contribution is -2.47. The molecule has 2 heterocycles. The van der Waals surface area contributed by atoms with Crippen molar-refractivity contribution >= 4 is 23.0 Å². The van der Waals surface area contributed by atoms with Gasteiger partial charge in [0.05, 0.1) is 27.0 Å². The Morgan fingerprint density at radius 2 is 1.18 bits per heavy atom. The van der Waals surface area contributed by atoms with Crippen LogP contribution in [0.15, 0.2) is 72.8 Å². The molecule has 0 saturated carbocycles. The molecule has 0 N–H and O–H groups in total. The molecule has 8 heteroatoms. The Labute approximate surface area is 265 Å². The summed E-state index contributed by atoms with van der Waals surface area (Å²) < 4.78 is 24.0. The Kier molecular flexibility index (Phi) is 7.99. The van der Waals surface area contributed by atoms with Crippen LogP contribution in [-0.2, 0) is 5.54 Å². The second kappa shape index (κ2) is 11.9. The van der Waals surface area contributed by atoms with Gasteiger partial charge in [-0.25, -0.2) is 0 Å². The molecular weight excluding hydrogens is 566 g/mol. The molecule has 2 aliphatic heterocycles. The van der Waals surface area contributed by atoms with Crippen molar-refractivity contribution in [2.24, 2.45) is 0 Å². The van der Waals surface area contributed by atoms with Crippen LogP contribution in [0.5, 0.6) is 28.7 Å². The molecule has 0 saturated heterocycles. The highest BCUT2D eigenvalue weighted by molar-refractivity contribution is 6.14. The van der Waals surface area contributed by atoms with Crippen molar-refractivity contribution < 1.29 is 23.7 Å². The Morgan fingerprint density at radius 3 is 1.64 bits per heavy atom. The van der Waals surface area contributed by atoms with Crippen molar-refractivity contribution in [3.8, 4) is 28.7 Å². The number of benzene rings is 4. The number of carbonyl (C=O) groups excluding carboxylic acids is 1. The molecule has 2 aliphatic rings. The zero-order chi connectivity index (χ0) is 31.9. The van der Waals surface area contributed by atoms with E-state index < -0.39 is 5.54 Å². The molecule has 4 aromatic rings. The largest absolute Gasteiger partial charge is 0.493 e. The Morgan fingerprint density at radius 1 is 0.667 bits per heavy atom. The fourth-order valence-electron chi connectivity index (χ4n) is 7.04. The van der Waals surface area contributed by atoms with E-state index in [9.17, 15) is 4.79 Å². The van der Waals surface area contributed by atoms with Crippen molar-refractivity contribution in [3.63, 3.8) is 0 Å². The van der Waals surface area contributed by atoms with Crippen molar-refractivity contribution in [2.45, 2.75) is 33.2 Å². The first-order valence-corrected chi connectivity index (χ1v) is 15.6.